The number of hydrogen-bond donors (Lipinski definition) is 0. The average Bonchev–Trinajstić information content (AvgIpc) is 2.92. The van der Waals surface area contributed by atoms with Crippen molar-refractivity contribution in [3.05, 3.63) is 35.9 Å². The van der Waals surface area contributed by atoms with E-state index in [1.807, 2.05) is 42.2 Å². The molecule has 2 heterocycles. The number of ether oxygens (including phenoxy) is 1. The maximum Gasteiger partial charge on any atom is 0.242 e. The number of amides is 2. The van der Waals surface area contributed by atoms with Crippen LogP contribution in [0.15, 0.2) is 30.3 Å². The molecule has 3 rings (SSSR count). The smallest absolute Gasteiger partial charge is 0.242 e. The molecule has 2 amide bonds. The van der Waals surface area contributed by atoms with E-state index >= 15 is 0 Å². The molecule has 0 aliphatic carbocycles. The van der Waals surface area contributed by atoms with E-state index in [0.29, 0.717) is 26.1 Å². The Labute approximate surface area is 130 Å². The van der Waals surface area contributed by atoms with Gasteiger partial charge in [-0.3, -0.25) is 9.59 Å². The summed E-state index contributed by atoms with van der Waals surface area (Å²) < 4.78 is 5.97. The molecule has 5 nitrogen and oxygen atoms in total. The summed E-state index contributed by atoms with van der Waals surface area (Å²) in [7, 11) is 0. The molecule has 2 atom stereocenters. The van der Waals surface area contributed by atoms with Gasteiger partial charge in [0.1, 0.15) is 6.10 Å². The van der Waals surface area contributed by atoms with Crippen LogP contribution in [0.25, 0.3) is 0 Å². The van der Waals surface area contributed by atoms with Crippen LogP contribution in [-0.4, -0.2) is 53.9 Å². The molecule has 0 aromatic heterocycles. The van der Waals surface area contributed by atoms with Crippen LogP contribution in [0.1, 0.15) is 31.4 Å². The lowest BCUT2D eigenvalue weighted by molar-refractivity contribution is -0.148. The molecule has 0 saturated carbocycles. The van der Waals surface area contributed by atoms with Crippen LogP contribution in [0.4, 0.5) is 0 Å². The number of morpholine rings is 1. The highest BCUT2D eigenvalue weighted by Crippen LogP contribution is 2.25. The van der Waals surface area contributed by atoms with Crippen molar-refractivity contribution in [2.24, 2.45) is 0 Å². The highest BCUT2D eigenvalue weighted by atomic mass is 16.5. The fourth-order valence-electron chi connectivity index (χ4n) is 3.14. The first-order valence-corrected chi connectivity index (χ1v) is 7.89. The van der Waals surface area contributed by atoms with Crippen LogP contribution in [0, 0.1) is 0 Å². The van der Waals surface area contributed by atoms with Crippen molar-refractivity contribution in [1.29, 1.82) is 0 Å². The Morgan fingerprint density at radius 1 is 1.27 bits per heavy atom. The van der Waals surface area contributed by atoms with E-state index in [9.17, 15) is 9.59 Å². The van der Waals surface area contributed by atoms with Gasteiger partial charge in [0.05, 0.1) is 19.2 Å². The van der Waals surface area contributed by atoms with Crippen LogP contribution in [0.5, 0.6) is 0 Å². The molecule has 1 aromatic carbocycles. The molecular weight excluding hydrogens is 280 g/mol. The summed E-state index contributed by atoms with van der Waals surface area (Å²) >= 11 is 0. The highest BCUT2D eigenvalue weighted by molar-refractivity contribution is 5.86. The minimum atomic E-state index is -0.0943. The predicted molar refractivity (Wildman–Crippen MR) is 82.1 cm³/mol. The first-order chi connectivity index (χ1) is 10.6. The molecular formula is C17H22N2O3. The molecule has 0 spiro atoms. The lowest BCUT2D eigenvalue weighted by Crippen LogP contribution is -2.49. The predicted octanol–water partition coefficient (Wildman–Crippen LogP) is 1.60. The molecule has 118 valence electrons. The zero-order valence-electron chi connectivity index (χ0n) is 12.9. The Morgan fingerprint density at radius 2 is 2.05 bits per heavy atom. The van der Waals surface area contributed by atoms with Crippen LogP contribution in [0.3, 0.4) is 0 Å². The molecule has 2 aliphatic rings. The van der Waals surface area contributed by atoms with E-state index in [0.717, 1.165) is 12.0 Å². The molecule has 2 fully saturated rings. The van der Waals surface area contributed by atoms with Gasteiger partial charge < -0.3 is 14.5 Å². The standard InChI is InChI=1S/C17H22N2O3/c1-13-10-19(17(21)12-18-9-5-8-16(18)20)11-15(22-13)14-6-3-2-4-7-14/h2-4,6-7,13,15H,5,8-12H2,1H3/t13-,15-/m1/s1. The summed E-state index contributed by atoms with van der Waals surface area (Å²) in [5.41, 5.74) is 1.09. The Bertz CT molecular complexity index is 546. The van der Waals surface area contributed by atoms with E-state index in [1.165, 1.54) is 0 Å². The maximum absolute atomic E-state index is 12.5. The van der Waals surface area contributed by atoms with E-state index < -0.39 is 0 Å². The van der Waals surface area contributed by atoms with E-state index in [4.69, 9.17) is 4.74 Å². The van der Waals surface area contributed by atoms with Crippen LogP contribution < -0.4 is 0 Å². The van der Waals surface area contributed by atoms with Gasteiger partial charge in [-0.25, -0.2) is 0 Å². The normalized spacial score (nSPS) is 25.6. The highest BCUT2D eigenvalue weighted by Gasteiger charge is 2.31. The Hall–Kier alpha value is -1.88. The monoisotopic (exact) mass is 302 g/mol. The second kappa shape index (κ2) is 6.48. The van der Waals surface area contributed by atoms with E-state index in [2.05, 4.69) is 0 Å². The summed E-state index contributed by atoms with van der Waals surface area (Å²) in [6.07, 6.45) is 1.33. The van der Waals surface area contributed by atoms with E-state index in [1.54, 1.807) is 4.90 Å². The van der Waals surface area contributed by atoms with Crippen LogP contribution >= 0.6 is 0 Å². The van der Waals surface area contributed by atoms with Gasteiger partial charge in [0.15, 0.2) is 0 Å². The first-order valence-electron chi connectivity index (χ1n) is 7.89. The van der Waals surface area contributed by atoms with Crippen molar-refractivity contribution in [3.8, 4) is 0 Å². The Morgan fingerprint density at radius 3 is 2.73 bits per heavy atom. The topological polar surface area (TPSA) is 49.9 Å². The molecule has 1 aromatic rings. The van der Waals surface area contributed by atoms with Crippen molar-refractivity contribution in [3.63, 3.8) is 0 Å². The molecule has 0 bridgehead atoms. The number of hydrogen-bond acceptors (Lipinski definition) is 3. The lowest BCUT2D eigenvalue weighted by Gasteiger charge is -2.37. The SMILES string of the molecule is C[C@@H]1CN(C(=O)CN2CCCC2=O)C[C@H](c2ccccc2)O1. The van der Waals surface area contributed by atoms with Crippen LogP contribution in [0.2, 0.25) is 0 Å². The van der Waals surface area contributed by atoms with Gasteiger partial charge in [-0.2, -0.15) is 0 Å². The van der Waals surface area contributed by atoms with Crippen molar-refractivity contribution in [1.82, 2.24) is 9.80 Å². The third kappa shape index (κ3) is 3.30. The van der Waals surface area contributed by atoms with Gasteiger partial charge in [-0.1, -0.05) is 30.3 Å². The number of likely N-dealkylation sites (tertiary alicyclic amines) is 1. The van der Waals surface area contributed by atoms with E-state index in [-0.39, 0.29) is 30.6 Å². The third-order valence-corrected chi connectivity index (χ3v) is 4.28. The molecule has 5 heteroatoms. The number of benzene rings is 1. The Kier molecular flexibility index (Phi) is 4.43. The molecule has 0 radical (unpaired) electrons. The molecule has 2 saturated heterocycles. The minimum Gasteiger partial charge on any atom is -0.367 e. The number of nitrogens with zero attached hydrogens (tertiary/aromatic N) is 2. The fraction of sp³-hybridized carbons (Fsp3) is 0.529. The molecule has 2 aliphatic heterocycles. The van der Waals surface area contributed by atoms with Gasteiger partial charge in [0.2, 0.25) is 11.8 Å². The number of rotatable bonds is 3. The molecule has 0 unspecified atom stereocenters. The minimum absolute atomic E-state index is 0.00261. The number of carbonyl (C=O) groups is 2. The third-order valence-electron chi connectivity index (χ3n) is 4.28. The average molecular weight is 302 g/mol. The quantitative estimate of drug-likeness (QED) is 0.852. The summed E-state index contributed by atoms with van der Waals surface area (Å²) in [6, 6.07) is 9.97. The van der Waals surface area contributed by atoms with Gasteiger partial charge >= 0.3 is 0 Å². The largest absolute Gasteiger partial charge is 0.367 e. The fourth-order valence-corrected chi connectivity index (χ4v) is 3.14. The lowest BCUT2D eigenvalue weighted by atomic mass is 10.1. The number of carbonyl (C=O) groups excluding carboxylic acids is 2. The van der Waals surface area contributed by atoms with Crippen molar-refractivity contribution < 1.29 is 14.3 Å². The maximum atomic E-state index is 12.5. The summed E-state index contributed by atoms with van der Waals surface area (Å²) in [5, 5.41) is 0. The van der Waals surface area contributed by atoms with Crippen LogP contribution in [-0.2, 0) is 14.3 Å². The van der Waals surface area contributed by atoms with Gasteiger partial charge in [-0.15, -0.1) is 0 Å². The second-order valence-electron chi connectivity index (χ2n) is 6.06. The van der Waals surface area contributed by atoms with Gasteiger partial charge in [0, 0.05) is 19.5 Å². The zero-order valence-corrected chi connectivity index (χ0v) is 12.9. The summed E-state index contributed by atoms with van der Waals surface area (Å²) in [4.78, 5) is 27.7. The van der Waals surface area contributed by atoms with Crippen molar-refractivity contribution in [2.75, 3.05) is 26.2 Å². The Balaban J connectivity index is 1.65. The molecule has 0 N–H and O–H groups in total. The van der Waals surface area contributed by atoms with Gasteiger partial charge in [0.25, 0.3) is 0 Å². The first kappa shape index (κ1) is 15.0. The summed E-state index contributed by atoms with van der Waals surface area (Å²) in [5.74, 6) is 0.112. The summed E-state index contributed by atoms with van der Waals surface area (Å²) in [6.45, 7) is 4.02. The van der Waals surface area contributed by atoms with Crippen molar-refractivity contribution >= 4 is 11.8 Å². The van der Waals surface area contributed by atoms with Gasteiger partial charge in [-0.05, 0) is 18.9 Å². The van der Waals surface area contributed by atoms with Crippen molar-refractivity contribution in [2.45, 2.75) is 32.0 Å². The second-order valence-corrected chi connectivity index (χ2v) is 6.06. The molecule has 22 heavy (non-hydrogen) atoms. The zero-order chi connectivity index (χ0) is 15.5.